The minimum atomic E-state index is 0.388. The van der Waals surface area contributed by atoms with E-state index in [1.165, 1.54) is 0 Å². The largest absolute Gasteiger partial charge is 0.381 e. The predicted octanol–water partition coefficient (Wildman–Crippen LogP) is 3.18. The maximum atomic E-state index is 5.38. The third kappa shape index (κ3) is 2.93. The van der Waals surface area contributed by atoms with Crippen LogP contribution in [0.4, 0.5) is 5.13 Å². The Morgan fingerprint density at radius 3 is 2.79 bits per heavy atom. The van der Waals surface area contributed by atoms with Crippen LogP contribution in [-0.2, 0) is 4.74 Å². The van der Waals surface area contributed by atoms with Crippen LogP contribution in [0.15, 0.2) is 30.3 Å². The van der Waals surface area contributed by atoms with Crippen molar-refractivity contribution in [3.63, 3.8) is 0 Å². The highest BCUT2D eigenvalue weighted by Gasteiger charge is 2.25. The van der Waals surface area contributed by atoms with Gasteiger partial charge in [-0.3, -0.25) is 0 Å². The Bertz CT molecular complexity index is 528. The summed E-state index contributed by atoms with van der Waals surface area (Å²) < 4.78 is 5.38. The Morgan fingerprint density at radius 1 is 1.21 bits per heavy atom. The van der Waals surface area contributed by atoms with E-state index in [9.17, 15) is 0 Å². The first kappa shape index (κ1) is 12.6. The molecule has 1 fully saturated rings. The molecule has 2 atom stereocenters. The summed E-state index contributed by atoms with van der Waals surface area (Å²) in [6.45, 7) is 0. The maximum absolute atomic E-state index is 5.38. The Hall–Kier alpha value is -1.46. The number of rotatable bonds is 4. The van der Waals surface area contributed by atoms with Crippen LogP contribution in [0, 0.1) is 0 Å². The molecule has 1 saturated carbocycles. The molecule has 1 N–H and O–H groups in total. The number of nitrogens with zero attached hydrogens (tertiary/aromatic N) is 2. The van der Waals surface area contributed by atoms with Crippen molar-refractivity contribution in [1.82, 2.24) is 10.2 Å². The van der Waals surface area contributed by atoms with Gasteiger partial charge in [0.05, 0.1) is 6.10 Å². The SMILES string of the molecule is COC1CCC(Nc2nnc(-c3ccccc3)s2)C1. The lowest BCUT2D eigenvalue weighted by Gasteiger charge is -2.10. The first-order valence-electron chi connectivity index (χ1n) is 6.53. The third-order valence-electron chi connectivity index (χ3n) is 3.49. The second kappa shape index (κ2) is 5.67. The van der Waals surface area contributed by atoms with Crippen LogP contribution >= 0.6 is 11.3 Å². The monoisotopic (exact) mass is 275 g/mol. The first-order valence-corrected chi connectivity index (χ1v) is 7.35. The number of nitrogens with one attached hydrogen (secondary N) is 1. The van der Waals surface area contributed by atoms with Gasteiger partial charge >= 0.3 is 0 Å². The lowest BCUT2D eigenvalue weighted by molar-refractivity contribution is 0.108. The molecule has 1 aromatic heterocycles. The molecule has 0 aliphatic heterocycles. The molecule has 3 rings (SSSR count). The van der Waals surface area contributed by atoms with Crippen LogP contribution in [0.5, 0.6) is 0 Å². The summed E-state index contributed by atoms with van der Waals surface area (Å²) in [5.41, 5.74) is 1.12. The molecule has 19 heavy (non-hydrogen) atoms. The molecule has 1 aliphatic rings. The average Bonchev–Trinajstić information content (AvgIpc) is 3.09. The summed E-state index contributed by atoms with van der Waals surface area (Å²) in [7, 11) is 1.78. The molecular formula is C14H17N3OS. The smallest absolute Gasteiger partial charge is 0.206 e. The fourth-order valence-corrected chi connectivity index (χ4v) is 3.26. The van der Waals surface area contributed by atoms with Gasteiger partial charge in [-0.15, -0.1) is 10.2 Å². The molecule has 2 aromatic rings. The van der Waals surface area contributed by atoms with Gasteiger partial charge in [-0.2, -0.15) is 0 Å². The average molecular weight is 275 g/mol. The normalized spacial score (nSPS) is 22.6. The summed E-state index contributed by atoms with van der Waals surface area (Å²) in [4.78, 5) is 0. The number of benzene rings is 1. The zero-order chi connectivity index (χ0) is 13.1. The molecule has 0 spiro atoms. The number of aromatic nitrogens is 2. The minimum Gasteiger partial charge on any atom is -0.381 e. The lowest BCUT2D eigenvalue weighted by atomic mass is 10.2. The van der Waals surface area contributed by atoms with E-state index in [1.54, 1.807) is 18.4 Å². The number of ether oxygens (including phenoxy) is 1. The van der Waals surface area contributed by atoms with Crippen LogP contribution in [0.1, 0.15) is 19.3 Å². The van der Waals surface area contributed by atoms with Crippen LogP contribution in [0.3, 0.4) is 0 Å². The third-order valence-corrected chi connectivity index (χ3v) is 4.39. The number of hydrogen-bond acceptors (Lipinski definition) is 5. The molecular weight excluding hydrogens is 258 g/mol. The molecule has 100 valence electrons. The van der Waals surface area contributed by atoms with E-state index >= 15 is 0 Å². The standard InChI is InChI=1S/C14H17N3OS/c1-18-12-8-7-11(9-12)15-14-17-16-13(19-14)10-5-3-2-4-6-10/h2-6,11-12H,7-9H2,1H3,(H,15,17). The van der Waals surface area contributed by atoms with Crippen molar-refractivity contribution in [3.05, 3.63) is 30.3 Å². The van der Waals surface area contributed by atoms with Gasteiger partial charge in [0.15, 0.2) is 0 Å². The van der Waals surface area contributed by atoms with Gasteiger partial charge in [-0.25, -0.2) is 0 Å². The second-order valence-corrected chi connectivity index (χ2v) is 5.77. The topological polar surface area (TPSA) is 47.0 Å². The number of anilines is 1. The van der Waals surface area contributed by atoms with E-state index in [1.807, 2.05) is 18.2 Å². The fraction of sp³-hybridized carbons (Fsp3) is 0.429. The Labute approximate surface area is 116 Å². The zero-order valence-corrected chi connectivity index (χ0v) is 11.7. The van der Waals surface area contributed by atoms with Crippen LogP contribution in [0.25, 0.3) is 10.6 Å². The van der Waals surface area contributed by atoms with Gasteiger partial charge in [0.25, 0.3) is 0 Å². The summed E-state index contributed by atoms with van der Waals surface area (Å²) in [5, 5.41) is 13.8. The van der Waals surface area contributed by atoms with Crippen molar-refractivity contribution < 1.29 is 4.74 Å². The van der Waals surface area contributed by atoms with Crippen LogP contribution < -0.4 is 5.32 Å². The molecule has 0 radical (unpaired) electrons. The van der Waals surface area contributed by atoms with Crippen molar-refractivity contribution in [1.29, 1.82) is 0 Å². The van der Waals surface area contributed by atoms with E-state index in [2.05, 4.69) is 27.6 Å². The number of methoxy groups -OCH3 is 1. The van der Waals surface area contributed by atoms with E-state index < -0.39 is 0 Å². The summed E-state index contributed by atoms with van der Waals surface area (Å²) in [5.74, 6) is 0. The Morgan fingerprint density at radius 2 is 2.05 bits per heavy atom. The maximum Gasteiger partial charge on any atom is 0.206 e. The Balaban J connectivity index is 1.66. The minimum absolute atomic E-state index is 0.388. The molecule has 0 bridgehead atoms. The summed E-state index contributed by atoms with van der Waals surface area (Å²) in [6, 6.07) is 10.6. The molecule has 1 heterocycles. The summed E-state index contributed by atoms with van der Waals surface area (Å²) >= 11 is 1.61. The van der Waals surface area contributed by atoms with Crippen LogP contribution in [0.2, 0.25) is 0 Å². The highest BCUT2D eigenvalue weighted by Crippen LogP contribution is 2.29. The van der Waals surface area contributed by atoms with Gasteiger partial charge in [-0.1, -0.05) is 41.7 Å². The molecule has 5 heteroatoms. The quantitative estimate of drug-likeness (QED) is 0.931. The number of hydrogen-bond donors (Lipinski definition) is 1. The van der Waals surface area contributed by atoms with Gasteiger partial charge in [0, 0.05) is 18.7 Å². The fourth-order valence-electron chi connectivity index (χ4n) is 2.44. The van der Waals surface area contributed by atoms with Crippen LogP contribution in [-0.4, -0.2) is 29.5 Å². The highest BCUT2D eigenvalue weighted by atomic mass is 32.1. The second-order valence-electron chi connectivity index (χ2n) is 4.79. The van der Waals surface area contributed by atoms with E-state index in [0.717, 1.165) is 35.0 Å². The lowest BCUT2D eigenvalue weighted by Crippen LogP contribution is -2.17. The highest BCUT2D eigenvalue weighted by molar-refractivity contribution is 7.18. The van der Waals surface area contributed by atoms with Crippen molar-refractivity contribution in [3.8, 4) is 10.6 Å². The zero-order valence-electron chi connectivity index (χ0n) is 10.9. The van der Waals surface area contributed by atoms with Gasteiger partial charge in [0.2, 0.25) is 5.13 Å². The van der Waals surface area contributed by atoms with E-state index in [-0.39, 0.29) is 0 Å². The van der Waals surface area contributed by atoms with Crippen molar-refractivity contribution in [2.45, 2.75) is 31.4 Å². The molecule has 2 unspecified atom stereocenters. The van der Waals surface area contributed by atoms with Crippen molar-refractivity contribution in [2.75, 3.05) is 12.4 Å². The predicted molar refractivity (Wildman–Crippen MR) is 77.4 cm³/mol. The molecule has 0 amide bonds. The molecule has 0 saturated heterocycles. The van der Waals surface area contributed by atoms with E-state index in [0.29, 0.717) is 12.1 Å². The molecule has 4 nitrogen and oxygen atoms in total. The first-order chi connectivity index (χ1) is 9.35. The van der Waals surface area contributed by atoms with Crippen molar-refractivity contribution in [2.24, 2.45) is 0 Å². The van der Waals surface area contributed by atoms with Gasteiger partial charge in [-0.05, 0) is 19.3 Å². The van der Waals surface area contributed by atoms with Gasteiger partial charge in [0.1, 0.15) is 5.01 Å². The van der Waals surface area contributed by atoms with E-state index in [4.69, 9.17) is 4.74 Å². The molecule has 1 aromatic carbocycles. The Kier molecular flexibility index (Phi) is 3.75. The van der Waals surface area contributed by atoms with Crippen molar-refractivity contribution >= 4 is 16.5 Å². The summed E-state index contributed by atoms with van der Waals surface area (Å²) in [6.07, 6.45) is 3.70. The van der Waals surface area contributed by atoms with Gasteiger partial charge < -0.3 is 10.1 Å². The molecule has 1 aliphatic carbocycles.